The molecule has 136 valence electrons. The zero-order valence-corrected chi connectivity index (χ0v) is 15.5. The first kappa shape index (κ1) is 22.1. The number of carbonyl (C=O) groups is 1. The first-order chi connectivity index (χ1) is 11.1. The lowest BCUT2D eigenvalue weighted by molar-refractivity contribution is -0.141. The van der Waals surface area contributed by atoms with E-state index in [1.165, 1.54) is 38.5 Å². The van der Waals surface area contributed by atoms with Crippen LogP contribution in [0.1, 0.15) is 72.1 Å². The number of hydrogen-bond donors (Lipinski definition) is 1. The van der Waals surface area contributed by atoms with Gasteiger partial charge in [-0.1, -0.05) is 59.0 Å². The normalized spacial score (nSPS) is 12.4. The van der Waals surface area contributed by atoms with Crippen molar-refractivity contribution in [1.29, 1.82) is 0 Å². The topological polar surface area (TPSA) is 49.8 Å². The highest BCUT2D eigenvalue weighted by Gasteiger charge is 2.19. The Hall–Kier alpha value is -0.870. The van der Waals surface area contributed by atoms with E-state index >= 15 is 0 Å². The summed E-state index contributed by atoms with van der Waals surface area (Å²) in [4.78, 5) is 13.9. The van der Waals surface area contributed by atoms with Crippen LogP contribution in [0.15, 0.2) is 12.2 Å². The van der Waals surface area contributed by atoms with Gasteiger partial charge in [0, 0.05) is 5.57 Å². The number of ether oxygens (including phenoxy) is 1. The van der Waals surface area contributed by atoms with E-state index in [1.54, 1.807) is 6.92 Å². The molecule has 0 aromatic heterocycles. The molecule has 0 aromatic rings. The largest absolute Gasteiger partial charge is 0.461 e. The van der Waals surface area contributed by atoms with Crippen molar-refractivity contribution in [3.8, 4) is 0 Å². The maximum atomic E-state index is 11.6. The Morgan fingerprint density at radius 3 is 1.96 bits per heavy atom. The first-order valence-electron chi connectivity index (χ1n) is 9.24. The van der Waals surface area contributed by atoms with Gasteiger partial charge in [0.25, 0.3) is 0 Å². The van der Waals surface area contributed by atoms with Crippen LogP contribution in [-0.4, -0.2) is 48.3 Å². The Balaban J connectivity index is 4.42. The van der Waals surface area contributed by atoms with Crippen LogP contribution in [0, 0.1) is 0 Å². The zero-order valence-electron chi connectivity index (χ0n) is 15.5. The third-order valence-electron chi connectivity index (χ3n) is 4.08. The number of unbranched alkanes of at least 4 members (excludes halogenated alkanes) is 6. The van der Waals surface area contributed by atoms with E-state index < -0.39 is 0 Å². The van der Waals surface area contributed by atoms with E-state index in [9.17, 15) is 9.90 Å². The molecule has 4 nitrogen and oxygen atoms in total. The molecule has 0 radical (unpaired) electrons. The predicted molar refractivity (Wildman–Crippen MR) is 96.5 cm³/mol. The van der Waals surface area contributed by atoms with Crippen molar-refractivity contribution in [2.45, 2.75) is 78.2 Å². The number of aliphatic hydroxyl groups excluding tert-OH is 1. The molecule has 0 spiro atoms. The van der Waals surface area contributed by atoms with Gasteiger partial charge >= 0.3 is 5.97 Å². The van der Waals surface area contributed by atoms with Crippen molar-refractivity contribution < 1.29 is 14.6 Å². The van der Waals surface area contributed by atoms with E-state index in [0.717, 1.165) is 25.9 Å². The fourth-order valence-electron chi connectivity index (χ4n) is 2.53. The maximum absolute atomic E-state index is 11.6. The summed E-state index contributed by atoms with van der Waals surface area (Å²) in [7, 11) is 0. The molecule has 0 bridgehead atoms. The maximum Gasteiger partial charge on any atom is 0.333 e. The molecule has 0 saturated carbocycles. The average Bonchev–Trinajstić information content (AvgIpc) is 2.54. The molecule has 0 aliphatic heterocycles. The third kappa shape index (κ3) is 11.3. The van der Waals surface area contributed by atoms with Crippen LogP contribution in [0.2, 0.25) is 0 Å². The lowest BCUT2D eigenvalue weighted by atomic mass is 10.1. The molecule has 0 amide bonds. The van der Waals surface area contributed by atoms with Gasteiger partial charge in [-0.15, -0.1) is 0 Å². The second kappa shape index (κ2) is 14.7. The fraction of sp³-hybridized carbons (Fsp3) is 0.842. The Morgan fingerprint density at radius 2 is 1.57 bits per heavy atom. The summed E-state index contributed by atoms with van der Waals surface area (Å²) in [6.45, 7) is 11.8. The lowest BCUT2D eigenvalue weighted by Gasteiger charge is -2.30. The molecule has 0 aliphatic carbocycles. The van der Waals surface area contributed by atoms with Crippen molar-refractivity contribution in [3.63, 3.8) is 0 Å². The number of aliphatic hydroxyl groups is 1. The second-order valence-corrected chi connectivity index (χ2v) is 6.37. The van der Waals surface area contributed by atoms with Gasteiger partial charge in [0.05, 0.1) is 12.6 Å². The van der Waals surface area contributed by atoms with Crippen molar-refractivity contribution in [2.24, 2.45) is 0 Å². The summed E-state index contributed by atoms with van der Waals surface area (Å²) in [6, 6.07) is -0.110. The van der Waals surface area contributed by atoms with Crippen molar-refractivity contribution >= 4 is 5.97 Å². The molecule has 0 saturated heterocycles. The molecule has 0 rings (SSSR count). The standard InChI is InChI=1S/C19H37NO3/c1-5-7-9-11-13-20(14-12-10-8-6-2)18(15-21)16-23-19(22)17(3)4/h18,21H,3,5-16H2,1-2,4H3. The second-order valence-electron chi connectivity index (χ2n) is 6.37. The SMILES string of the molecule is C=C(C)C(=O)OCC(CO)N(CCCCCC)CCCCCC. The van der Waals surface area contributed by atoms with Crippen LogP contribution < -0.4 is 0 Å². The first-order valence-corrected chi connectivity index (χ1v) is 9.24. The van der Waals surface area contributed by atoms with Gasteiger partial charge in [-0.05, 0) is 32.9 Å². The van der Waals surface area contributed by atoms with Crippen LogP contribution in [0.5, 0.6) is 0 Å². The van der Waals surface area contributed by atoms with Gasteiger partial charge in [-0.2, -0.15) is 0 Å². The monoisotopic (exact) mass is 327 g/mol. The summed E-state index contributed by atoms with van der Waals surface area (Å²) in [6.07, 6.45) is 9.62. The van der Waals surface area contributed by atoms with Crippen LogP contribution in [0.3, 0.4) is 0 Å². The molecule has 23 heavy (non-hydrogen) atoms. The van der Waals surface area contributed by atoms with Crippen LogP contribution in [-0.2, 0) is 9.53 Å². The zero-order chi connectivity index (χ0) is 17.5. The minimum absolute atomic E-state index is 0.0189. The molecule has 1 N–H and O–H groups in total. The van der Waals surface area contributed by atoms with Gasteiger partial charge in [0.1, 0.15) is 6.61 Å². The van der Waals surface area contributed by atoms with Gasteiger partial charge < -0.3 is 9.84 Å². The third-order valence-corrected chi connectivity index (χ3v) is 4.08. The smallest absolute Gasteiger partial charge is 0.333 e. The van der Waals surface area contributed by atoms with Gasteiger partial charge in [-0.25, -0.2) is 4.79 Å². The van der Waals surface area contributed by atoms with Crippen LogP contribution in [0.25, 0.3) is 0 Å². The molecule has 4 heteroatoms. The summed E-state index contributed by atoms with van der Waals surface area (Å²) in [5.41, 5.74) is 0.402. The van der Waals surface area contributed by atoms with Crippen molar-refractivity contribution in [1.82, 2.24) is 4.90 Å². The lowest BCUT2D eigenvalue weighted by Crippen LogP contribution is -2.43. The summed E-state index contributed by atoms with van der Waals surface area (Å²) in [5.74, 6) is -0.375. The summed E-state index contributed by atoms with van der Waals surface area (Å²) in [5, 5.41) is 9.70. The van der Waals surface area contributed by atoms with Crippen molar-refractivity contribution in [3.05, 3.63) is 12.2 Å². The van der Waals surface area contributed by atoms with Gasteiger partial charge in [0.2, 0.25) is 0 Å². The highest BCUT2D eigenvalue weighted by atomic mass is 16.5. The molecule has 1 unspecified atom stereocenters. The minimum atomic E-state index is -0.375. The van der Waals surface area contributed by atoms with Crippen LogP contribution >= 0.6 is 0 Å². The summed E-state index contributed by atoms with van der Waals surface area (Å²) >= 11 is 0. The quantitative estimate of drug-likeness (QED) is 0.281. The molecule has 0 aliphatic rings. The number of carbonyl (C=O) groups excluding carboxylic acids is 1. The molecular weight excluding hydrogens is 290 g/mol. The van der Waals surface area contributed by atoms with Crippen molar-refractivity contribution in [2.75, 3.05) is 26.3 Å². The minimum Gasteiger partial charge on any atom is -0.461 e. The Morgan fingerprint density at radius 1 is 1.04 bits per heavy atom. The average molecular weight is 328 g/mol. The molecule has 0 fully saturated rings. The number of hydrogen-bond acceptors (Lipinski definition) is 4. The van der Waals surface area contributed by atoms with Crippen LogP contribution in [0.4, 0.5) is 0 Å². The number of rotatable bonds is 15. The van der Waals surface area contributed by atoms with E-state index in [4.69, 9.17) is 4.74 Å². The number of esters is 1. The highest BCUT2D eigenvalue weighted by Crippen LogP contribution is 2.10. The molecular formula is C19H37NO3. The van der Waals surface area contributed by atoms with E-state index in [-0.39, 0.29) is 25.2 Å². The fourth-order valence-corrected chi connectivity index (χ4v) is 2.53. The summed E-state index contributed by atoms with van der Waals surface area (Å²) < 4.78 is 5.25. The van der Waals surface area contributed by atoms with E-state index in [2.05, 4.69) is 25.3 Å². The van der Waals surface area contributed by atoms with E-state index in [0.29, 0.717) is 5.57 Å². The molecule has 0 heterocycles. The van der Waals surface area contributed by atoms with E-state index in [1.807, 2.05) is 0 Å². The highest BCUT2D eigenvalue weighted by molar-refractivity contribution is 5.86. The Bertz CT molecular complexity index is 306. The predicted octanol–water partition coefficient (Wildman–Crippen LogP) is 3.93. The Kier molecular flexibility index (Phi) is 14.1. The molecule has 0 aromatic carbocycles. The Labute approximate surface area is 142 Å². The number of nitrogens with zero attached hydrogens (tertiary/aromatic N) is 1. The molecule has 1 atom stereocenters. The van der Waals surface area contributed by atoms with Gasteiger partial charge in [-0.3, -0.25) is 4.90 Å². The van der Waals surface area contributed by atoms with Gasteiger partial charge in [0.15, 0.2) is 0 Å².